The maximum absolute atomic E-state index is 12.8. The van der Waals surface area contributed by atoms with Crippen molar-refractivity contribution in [1.29, 1.82) is 0 Å². The van der Waals surface area contributed by atoms with E-state index in [9.17, 15) is 14.4 Å². The quantitative estimate of drug-likeness (QED) is 0.390. The molecular weight excluding hydrogens is 352 g/mol. The molecule has 136 valence electrons. The number of allylic oxidation sites excluding steroid dienone is 1. The lowest BCUT2D eigenvalue weighted by Gasteiger charge is -2.18. The van der Waals surface area contributed by atoms with Crippen LogP contribution in [0.15, 0.2) is 72.8 Å². The molecule has 0 saturated heterocycles. The van der Waals surface area contributed by atoms with Crippen molar-refractivity contribution in [2.75, 3.05) is 0 Å². The molecule has 3 aromatic carbocycles. The zero-order chi connectivity index (χ0) is 19.5. The van der Waals surface area contributed by atoms with Crippen LogP contribution >= 0.6 is 0 Å². The number of hydrogen-bond donors (Lipinski definition) is 0. The molecule has 4 rings (SSSR count). The lowest BCUT2D eigenvalue weighted by molar-refractivity contribution is -0.104. The van der Waals surface area contributed by atoms with Crippen LogP contribution in [0.5, 0.6) is 5.75 Å². The number of benzene rings is 3. The zero-order valence-corrected chi connectivity index (χ0v) is 14.9. The molecule has 0 N–H and O–H groups in total. The van der Waals surface area contributed by atoms with Crippen LogP contribution in [0.25, 0.3) is 6.08 Å². The molecule has 4 heteroatoms. The molecule has 0 amide bonds. The summed E-state index contributed by atoms with van der Waals surface area (Å²) in [4.78, 5) is 35.9. The fraction of sp³-hybridized carbons (Fsp3) is 0.0417. The van der Waals surface area contributed by atoms with Crippen LogP contribution in [0.2, 0.25) is 0 Å². The smallest absolute Gasteiger partial charge is 0.194 e. The second-order valence-electron chi connectivity index (χ2n) is 6.44. The van der Waals surface area contributed by atoms with Gasteiger partial charge in [-0.1, -0.05) is 48.5 Å². The summed E-state index contributed by atoms with van der Waals surface area (Å²) in [6.45, 7) is 0.261. The van der Waals surface area contributed by atoms with Gasteiger partial charge in [-0.15, -0.1) is 0 Å². The third-order valence-electron chi connectivity index (χ3n) is 4.62. The summed E-state index contributed by atoms with van der Waals surface area (Å²) in [5.41, 5.74) is 3.37. The topological polar surface area (TPSA) is 60.4 Å². The van der Waals surface area contributed by atoms with E-state index in [1.165, 1.54) is 6.08 Å². The Labute approximate surface area is 162 Å². The first-order chi connectivity index (χ1) is 13.7. The van der Waals surface area contributed by atoms with E-state index in [2.05, 4.69) is 0 Å². The molecule has 0 bridgehead atoms. The van der Waals surface area contributed by atoms with Gasteiger partial charge in [0.05, 0.1) is 0 Å². The summed E-state index contributed by atoms with van der Waals surface area (Å²) in [7, 11) is 0. The minimum atomic E-state index is -0.145. The second kappa shape index (κ2) is 7.45. The van der Waals surface area contributed by atoms with Crippen molar-refractivity contribution < 1.29 is 19.1 Å². The molecule has 1 aliphatic rings. The summed E-state index contributed by atoms with van der Waals surface area (Å²) in [6, 6.07) is 19.4. The van der Waals surface area contributed by atoms with E-state index in [0.717, 1.165) is 17.4 Å². The average molecular weight is 368 g/mol. The number of ketones is 2. The van der Waals surface area contributed by atoms with Crippen LogP contribution in [0, 0.1) is 0 Å². The van der Waals surface area contributed by atoms with Crippen LogP contribution in [-0.4, -0.2) is 17.9 Å². The Balaban J connectivity index is 1.57. The summed E-state index contributed by atoms with van der Waals surface area (Å²) < 4.78 is 5.82. The predicted molar refractivity (Wildman–Crippen MR) is 106 cm³/mol. The van der Waals surface area contributed by atoms with Gasteiger partial charge in [0.25, 0.3) is 0 Å². The van der Waals surface area contributed by atoms with Crippen molar-refractivity contribution in [2.24, 2.45) is 0 Å². The first-order valence-electron chi connectivity index (χ1n) is 8.83. The molecule has 0 aromatic heterocycles. The van der Waals surface area contributed by atoms with Gasteiger partial charge in [-0.05, 0) is 41.5 Å². The molecule has 0 spiro atoms. The highest BCUT2D eigenvalue weighted by Gasteiger charge is 2.29. The normalized spacial score (nSPS) is 12.6. The maximum atomic E-state index is 12.8. The van der Waals surface area contributed by atoms with E-state index >= 15 is 0 Å². The van der Waals surface area contributed by atoms with Crippen molar-refractivity contribution in [3.8, 4) is 5.75 Å². The van der Waals surface area contributed by atoms with Crippen LogP contribution in [0.3, 0.4) is 0 Å². The highest BCUT2D eigenvalue weighted by atomic mass is 16.5. The molecule has 28 heavy (non-hydrogen) atoms. The van der Waals surface area contributed by atoms with Crippen molar-refractivity contribution in [2.45, 2.75) is 6.61 Å². The fourth-order valence-electron chi connectivity index (χ4n) is 3.26. The van der Waals surface area contributed by atoms with Crippen molar-refractivity contribution in [3.63, 3.8) is 0 Å². The predicted octanol–water partition coefficient (Wildman–Crippen LogP) is 4.25. The van der Waals surface area contributed by atoms with E-state index in [-0.39, 0.29) is 18.2 Å². The Hall–Kier alpha value is -3.79. The van der Waals surface area contributed by atoms with Gasteiger partial charge in [-0.2, -0.15) is 0 Å². The largest absolute Gasteiger partial charge is 0.489 e. The van der Waals surface area contributed by atoms with Gasteiger partial charge in [0.2, 0.25) is 0 Å². The summed E-state index contributed by atoms with van der Waals surface area (Å²) >= 11 is 0. The zero-order valence-electron chi connectivity index (χ0n) is 14.9. The number of carbonyl (C=O) groups is 3. The van der Waals surface area contributed by atoms with Crippen molar-refractivity contribution in [1.82, 2.24) is 0 Å². The maximum Gasteiger partial charge on any atom is 0.194 e. The Morgan fingerprint density at radius 1 is 0.750 bits per heavy atom. The Kier molecular flexibility index (Phi) is 4.68. The van der Waals surface area contributed by atoms with Gasteiger partial charge in [-0.25, -0.2) is 0 Å². The first-order valence-corrected chi connectivity index (χ1v) is 8.83. The van der Waals surface area contributed by atoms with Crippen LogP contribution in [0.4, 0.5) is 0 Å². The van der Waals surface area contributed by atoms with E-state index in [0.29, 0.717) is 28.0 Å². The second-order valence-corrected chi connectivity index (χ2v) is 6.44. The number of carbonyl (C=O) groups excluding carboxylic acids is 3. The molecule has 1 aliphatic carbocycles. The molecule has 3 aromatic rings. The van der Waals surface area contributed by atoms with E-state index < -0.39 is 0 Å². The molecule has 0 atom stereocenters. The monoisotopic (exact) mass is 368 g/mol. The number of aldehydes is 1. The number of rotatable bonds is 5. The van der Waals surface area contributed by atoms with Crippen molar-refractivity contribution >= 4 is 23.9 Å². The number of fused-ring (bicyclic) bond motifs is 2. The van der Waals surface area contributed by atoms with Crippen LogP contribution in [-0.2, 0) is 11.4 Å². The molecule has 0 aliphatic heterocycles. The van der Waals surface area contributed by atoms with Crippen LogP contribution in [0.1, 0.15) is 43.0 Å². The first kappa shape index (κ1) is 17.6. The molecular formula is C24H16O4. The van der Waals surface area contributed by atoms with Crippen LogP contribution < -0.4 is 4.74 Å². The molecule has 0 saturated carbocycles. The Bertz CT molecular complexity index is 1120. The third kappa shape index (κ3) is 3.28. The minimum Gasteiger partial charge on any atom is -0.489 e. The Morgan fingerprint density at radius 3 is 2.21 bits per heavy atom. The van der Waals surface area contributed by atoms with Gasteiger partial charge in [0.15, 0.2) is 11.6 Å². The number of hydrogen-bond acceptors (Lipinski definition) is 4. The molecule has 0 heterocycles. The van der Waals surface area contributed by atoms with Gasteiger partial charge in [0, 0.05) is 22.3 Å². The van der Waals surface area contributed by atoms with E-state index in [4.69, 9.17) is 4.74 Å². The standard InChI is InChI=1S/C24H16O4/c25-12-4-6-16-5-3-7-18(13-16)28-15-17-10-11-21-22(14-17)24(27)20-9-2-1-8-19(20)23(21)26/h1-14H,15H2/b6-4+. The molecule has 0 radical (unpaired) electrons. The molecule has 4 nitrogen and oxygen atoms in total. The van der Waals surface area contributed by atoms with Gasteiger partial charge < -0.3 is 4.74 Å². The van der Waals surface area contributed by atoms with Crippen molar-refractivity contribution in [3.05, 3.63) is 106 Å². The van der Waals surface area contributed by atoms with Gasteiger partial charge in [-0.3, -0.25) is 14.4 Å². The van der Waals surface area contributed by atoms with Gasteiger partial charge in [0.1, 0.15) is 18.6 Å². The highest BCUT2D eigenvalue weighted by molar-refractivity contribution is 6.28. The fourth-order valence-corrected chi connectivity index (χ4v) is 3.26. The third-order valence-corrected chi connectivity index (χ3v) is 4.62. The average Bonchev–Trinajstić information content (AvgIpc) is 2.75. The number of ether oxygens (including phenoxy) is 1. The summed E-state index contributed by atoms with van der Waals surface area (Å²) in [5.74, 6) is 0.374. The lowest BCUT2D eigenvalue weighted by Crippen LogP contribution is -2.21. The minimum absolute atomic E-state index is 0.132. The highest BCUT2D eigenvalue weighted by Crippen LogP contribution is 2.28. The SMILES string of the molecule is O=C/C=C/c1cccc(OCc2ccc3c(c2)C(=O)c2ccccc2C3=O)c1. The summed E-state index contributed by atoms with van der Waals surface area (Å²) in [6.07, 6.45) is 3.83. The molecule has 0 fully saturated rings. The van der Waals surface area contributed by atoms with E-state index in [1.807, 2.05) is 24.3 Å². The van der Waals surface area contributed by atoms with Gasteiger partial charge >= 0.3 is 0 Å². The Morgan fingerprint density at radius 2 is 1.46 bits per heavy atom. The summed E-state index contributed by atoms with van der Waals surface area (Å²) in [5, 5.41) is 0. The van der Waals surface area contributed by atoms with E-state index in [1.54, 1.807) is 48.5 Å². The molecule has 0 unspecified atom stereocenters. The lowest BCUT2D eigenvalue weighted by atomic mass is 9.83.